The third-order valence-corrected chi connectivity index (χ3v) is 3.28. The first-order valence-electron chi connectivity index (χ1n) is 6.91. The molecule has 0 heterocycles. The third kappa shape index (κ3) is 4.33. The van der Waals surface area contributed by atoms with Crippen molar-refractivity contribution in [3.8, 4) is 0 Å². The first-order chi connectivity index (χ1) is 10.1. The van der Waals surface area contributed by atoms with Crippen molar-refractivity contribution < 1.29 is 9.90 Å². The summed E-state index contributed by atoms with van der Waals surface area (Å²) < 4.78 is 0. The van der Waals surface area contributed by atoms with Gasteiger partial charge >= 0.3 is 6.03 Å². The van der Waals surface area contributed by atoms with Crippen LogP contribution in [0.15, 0.2) is 48.5 Å². The number of anilines is 1. The van der Waals surface area contributed by atoms with Gasteiger partial charge in [-0.3, -0.25) is 0 Å². The Labute approximate surface area is 124 Å². The smallest absolute Gasteiger partial charge is 0.319 e. The number of aliphatic hydroxyl groups excluding tert-OH is 1. The van der Waals surface area contributed by atoms with E-state index in [0.29, 0.717) is 0 Å². The summed E-state index contributed by atoms with van der Waals surface area (Å²) in [7, 11) is 0. The number of carbonyl (C=O) groups excluding carboxylic acids is 1. The number of carbonyl (C=O) groups is 1. The second kappa shape index (κ2) is 6.90. The quantitative estimate of drug-likeness (QED) is 0.807. The van der Waals surface area contributed by atoms with Gasteiger partial charge < -0.3 is 15.7 Å². The van der Waals surface area contributed by atoms with Crippen LogP contribution in [0.5, 0.6) is 0 Å². The molecule has 1 atom stereocenters. The van der Waals surface area contributed by atoms with Crippen molar-refractivity contribution in [2.75, 3.05) is 11.9 Å². The molecule has 0 aliphatic heterocycles. The fourth-order valence-electron chi connectivity index (χ4n) is 2.02. The molecule has 21 heavy (non-hydrogen) atoms. The molecule has 0 aromatic heterocycles. The van der Waals surface area contributed by atoms with E-state index < -0.39 is 6.10 Å². The second-order valence-corrected chi connectivity index (χ2v) is 5.08. The van der Waals surface area contributed by atoms with Gasteiger partial charge in [0.25, 0.3) is 0 Å². The molecule has 0 fully saturated rings. The van der Waals surface area contributed by atoms with E-state index in [1.165, 1.54) is 0 Å². The normalized spacial score (nSPS) is 11.8. The summed E-state index contributed by atoms with van der Waals surface area (Å²) >= 11 is 0. The van der Waals surface area contributed by atoms with E-state index in [4.69, 9.17) is 0 Å². The summed E-state index contributed by atoms with van der Waals surface area (Å²) in [5.74, 6) is 0. The van der Waals surface area contributed by atoms with Crippen LogP contribution < -0.4 is 10.6 Å². The van der Waals surface area contributed by atoms with E-state index in [1.807, 2.05) is 62.4 Å². The van der Waals surface area contributed by atoms with Crippen LogP contribution >= 0.6 is 0 Å². The average Bonchev–Trinajstić information content (AvgIpc) is 2.49. The minimum atomic E-state index is -0.712. The van der Waals surface area contributed by atoms with Gasteiger partial charge in [-0.15, -0.1) is 0 Å². The van der Waals surface area contributed by atoms with Crippen LogP contribution in [0, 0.1) is 13.8 Å². The fourth-order valence-corrected chi connectivity index (χ4v) is 2.02. The van der Waals surface area contributed by atoms with Crippen molar-refractivity contribution >= 4 is 11.7 Å². The Kier molecular flexibility index (Phi) is 4.95. The van der Waals surface area contributed by atoms with Gasteiger partial charge in [0.2, 0.25) is 0 Å². The summed E-state index contributed by atoms with van der Waals surface area (Å²) in [5.41, 5.74) is 3.64. The summed E-state index contributed by atoms with van der Waals surface area (Å²) in [6.45, 7) is 4.08. The minimum Gasteiger partial charge on any atom is -0.387 e. The summed E-state index contributed by atoms with van der Waals surface area (Å²) in [6, 6.07) is 14.8. The highest BCUT2D eigenvalue weighted by Gasteiger charge is 2.09. The molecule has 2 amide bonds. The molecule has 2 rings (SSSR count). The Morgan fingerprint density at radius 1 is 1.14 bits per heavy atom. The number of aryl methyl sites for hydroxylation is 2. The minimum absolute atomic E-state index is 0.167. The Morgan fingerprint density at radius 2 is 1.86 bits per heavy atom. The molecule has 0 aliphatic carbocycles. The van der Waals surface area contributed by atoms with Gasteiger partial charge in [0.1, 0.15) is 0 Å². The van der Waals surface area contributed by atoms with Gasteiger partial charge in [-0.1, -0.05) is 42.5 Å². The summed E-state index contributed by atoms with van der Waals surface area (Å²) in [6.07, 6.45) is -0.712. The number of hydrogen-bond donors (Lipinski definition) is 3. The van der Waals surface area contributed by atoms with Crippen LogP contribution in [-0.4, -0.2) is 17.7 Å². The molecule has 2 aromatic carbocycles. The largest absolute Gasteiger partial charge is 0.387 e. The monoisotopic (exact) mass is 284 g/mol. The molecule has 0 aliphatic rings. The zero-order valence-electron chi connectivity index (χ0n) is 12.3. The molecule has 0 radical (unpaired) electrons. The van der Waals surface area contributed by atoms with Crippen LogP contribution in [0.25, 0.3) is 0 Å². The Balaban J connectivity index is 1.89. The maximum atomic E-state index is 11.9. The van der Waals surface area contributed by atoms with Crippen LogP contribution in [-0.2, 0) is 0 Å². The molecule has 1 unspecified atom stereocenters. The molecule has 4 heteroatoms. The third-order valence-electron chi connectivity index (χ3n) is 3.28. The lowest BCUT2D eigenvalue weighted by Gasteiger charge is -2.14. The van der Waals surface area contributed by atoms with Crippen molar-refractivity contribution in [1.29, 1.82) is 0 Å². The van der Waals surface area contributed by atoms with Gasteiger partial charge in [0.05, 0.1) is 6.10 Å². The Morgan fingerprint density at radius 3 is 2.57 bits per heavy atom. The molecule has 2 aromatic rings. The maximum Gasteiger partial charge on any atom is 0.319 e. The molecule has 4 nitrogen and oxygen atoms in total. The van der Waals surface area contributed by atoms with Crippen LogP contribution in [0.2, 0.25) is 0 Å². The standard InChI is InChI=1S/C17H20N2O2/c1-12-8-9-13(2)15(10-12)19-17(21)18-11-16(20)14-6-4-3-5-7-14/h3-10,16,20H,11H2,1-2H3,(H2,18,19,21). The number of amides is 2. The molecule has 0 saturated carbocycles. The van der Waals surface area contributed by atoms with Crippen LogP contribution in [0.1, 0.15) is 22.8 Å². The van der Waals surface area contributed by atoms with E-state index in [-0.39, 0.29) is 12.6 Å². The van der Waals surface area contributed by atoms with Gasteiger partial charge in [-0.05, 0) is 36.6 Å². The van der Waals surface area contributed by atoms with Crippen molar-refractivity contribution in [2.24, 2.45) is 0 Å². The van der Waals surface area contributed by atoms with Crippen LogP contribution in [0.3, 0.4) is 0 Å². The molecule has 0 saturated heterocycles. The number of aliphatic hydroxyl groups is 1. The highest BCUT2D eigenvalue weighted by atomic mass is 16.3. The Hall–Kier alpha value is -2.33. The number of urea groups is 1. The zero-order valence-corrected chi connectivity index (χ0v) is 12.3. The molecule has 110 valence electrons. The Bertz CT molecular complexity index is 611. The molecular weight excluding hydrogens is 264 g/mol. The second-order valence-electron chi connectivity index (χ2n) is 5.08. The first-order valence-corrected chi connectivity index (χ1v) is 6.91. The topological polar surface area (TPSA) is 61.4 Å². The predicted octanol–water partition coefficient (Wildman–Crippen LogP) is 3.16. The van der Waals surface area contributed by atoms with Crippen LogP contribution in [0.4, 0.5) is 10.5 Å². The predicted molar refractivity (Wildman–Crippen MR) is 84.3 cm³/mol. The van der Waals surface area contributed by atoms with E-state index in [9.17, 15) is 9.90 Å². The van der Waals surface area contributed by atoms with Crippen molar-refractivity contribution in [1.82, 2.24) is 5.32 Å². The molecule has 0 spiro atoms. The van der Waals surface area contributed by atoms with E-state index in [1.54, 1.807) is 0 Å². The molecule has 3 N–H and O–H groups in total. The average molecular weight is 284 g/mol. The summed E-state index contributed by atoms with van der Waals surface area (Å²) in [5, 5.41) is 15.5. The number of benzene rings is 2. The first kappa shape index (κ1) is 15.1. The van der Waals surface area contributed by atoms with E-state index >= 15 is 0 Å². The highest BCUT2D eigenvalue weighted by molar-refractivity contribution is 5.90. The van der Waals surface area contributed by atoms with E-state index in [2.05, 4.69) is 10.6 Å². The fraction of sp³-hybridized carbons (Fsp3) is 0.235. The lowest BCUT2D eigenvalue weighted by atomic mass is 10.1. The van der Waals surface area contributed by atoms with Crippen molar-refractivity contribution in [3.63, 3.8) is 0 Å². The maximum absolute atomic E-state index is 11.9. The lowest BCUT2D eigenvalue weighted by Crippen LogP contribution is -2.32. The molecule has 0 bridgehead atoms. The van der Waals surface area contributed by atoms with Gasteiger partial charge in [-0.2, -0.15) is 0 Å². The zero-order chi connectivity index (χ0) is 15.2. The number of nitrogens with one attached hydrogen (secondary N) is 2. The van der Waals surface area contributed by atoms with Gasteiger partial charge in [0, 0.05) is 12.2 Å². The SMILES string of the molecule is Cc1ccc(C)c(NC(=O)NCC(O)c2ccccc2)c1. The lowest BCUT2D eigenvalue weighted by molar-refractivity contribution is 0.175. The van der Waals surface area contributed by atoms with Gasteiger partial charge in [0.15, 0.2) is 0 Å². The summed E-state index contributed by atoms with van der Waals surface area (Å²) in [4.78, 5) is 11.9. The van der Waals surface area contributed by atoms with Crippen molar-refractivity contribution in [2.45, 2.75) is 20.0 Å². The van der Waals surface area contributed by atoms with Crippen molar-refractivity contribution in [3.05, 3.63) is 65.2 Å². The molecular formula is C17H20N2O2. The number of hydrogen-bond acceptors (Lipinski definition) is 2. The van der Waals surface area contributed by atoms with E-state index in [0.717, 1.165) is 22.4 Å². The van der Waals surface area contributed by atoms with Gasteiger partial charge in [-0.25, -0.2) is 4.79 Å². The highest BCUT2D eigenvalue weighted by Crippen LogP contribution is 2.16. The number of rotatable bonds is 4.